The van der Waals surface area contributed by atoms with Gasteiger partial charge in [0.2, 0.25) is 5.91 Å². The van der Waals surface area contributed by atoms with E-state index in [9.17, 15) is 4.79 Å². The average Bonchev–Trinajstić information content (AvgIpc) is 2.45. The zero-order valence-corrected chi connectivity index (χ0v) is 14.1. The fourth-order valence-electron chi connectivity index (χ4n) is 1.73. The second-order valence-electron chi connectivity index (χ2n) is 4.30. The first-order chi connectivity index (χ1) is 10.1. The van der Waals surface area contributed by atoms with E-state index in [1.807, 2.05) is 24.3 Å². The molecule has 2 aromatic rings. The molecule has 0 aliphatic carbocycles. The largest absolute Gasteiger partial charge is 0.384 e. The number of anilines is 2. The fraction of sp³-hybridized carbons (Fsp3) is 0.133. The summed E-state index contributed by atoms with van der Waals surface area (Å²) in [7, 11) is 0. The first kappa shape index (κ1) is 16.1. The van der Waals surface area contributed by atoms with Gasteiger partial charge in [0, 0.05) is 23.1 Å². The number of hydrogen-bond donors (Lipinski definition) is 2. The van der Waals surface area contributed by atoms with Crippen molar-refractivity contribution in [2.45, 2.75) is 6.42 Å². The summed E-state index contributed by atoms with van der Waals surface area (Å²) in [4.78, 5) is 11.9. The predicted molar refractivity (Wildman–Crippen MR) is 92.3 cm³/mol. The molecule has 0 saturated carbocycles. The Kier molecular flexibility index (Phi) is 5.91. The number of carbonyl (C=O) groups excluding carboxylic acids is 1. The Labute approximate surface area is 141 Å². The number of hydrogen-bond acceptors (Lipinski definition) is 2. The number of carbonyl (C=O) groups is 1. The highest BCUT2D eigenvalue weighted by Crippen LogP contribution is 2.29. The van der Waals surface area contributed by atoms with E-state index in [0.717, 1.165) is 10.2 Å². The van der Waals surface area contributed by atoms with E-state index in [2.05, 4.69) is 26.6 Å². The molecule has 0 aliphatic rings. The minimum atomic E-state index is -0.149. The summed E-state index contributed by atoms with van der Waals surface area (Å²) in [5.41, 5.74) is 1.40. The van der Waals surface area contributed by atoms with Crippen molar-refractivity contribution in [1.29, 1.82) is 0 Å². The molecule has 0 fully saturated rings. The van der Waals surface area contributed by atoms with Crippen LogP contribution in [0, 0.1) is 0 Å². The second-order valence-corrected chi connectivity index (χ2v) is 5.97. The van der Waals surface area contributed by atoms with Crippen LogP contribution in [-0.2, 0) is 4.79 Å². The summed E-state index contributed by atoms with van der Waals surface area (Å²) in [6, 6.07) is 12.8. The summed E-state index contributed by atoms with van der Waals surface area (Å²) in [5.74, 6) is -0.149. The summed E-state index contributed by atoms with van der Waals surface area (Å²) in [5, 5.41) is 6.76. The Balaban J connectivity index is 1.87. The van der Waals surface area contributed by atoms with Gasteiger partial charge in [-0.3, -0.25) is 4.79 Å². The molecule has 3 nitrogen and oxygen atoms in total. The minimum Gasteiger partial charge on any atom is -0.384 e. The molecule has 110 valence electrons. The van der Waals surface area contributed by atoms with Crippen LogP contribution < -0.4 is 10.6 Å². The molecule has 2 rings (SSSR count). The molecule has 2 N–H and O–H groups in total. The first-order valence-corrected chi connectivity index (χ1v) is 7.85. The Bertz CT molecular complexity index is 629. The molecule has 0 spiro atoms. The van der Waals surface area contributed by atoms with E-state index in [0.29, 0.717) is 28.7 Å². The molecule has 0 atom stereocenters. The van der Waals surface area contributed by atoms with Gasteiger partial charge in [-0.2, -0.15) is 0 Å². The minimum absolute atomic E-state index is 0.149. The summed E-state index contributed by atoms with van der Waals surface area (Å²) < 4.78 is 0.958. The van der Waals surface area contributed by atoms with Crippen LogP contribution in [0.4, 0.5) is 11.4 Å². The van der Waals surface area contributed by atoms with Crippen LogP contribution in [0.3, 0.4) is 0 Å². The lowest BCUT2D eigenvalue weighted by molar-refractivity contribution is -0.115. The zero-order valence-electron chi connectivity index (χ0n) is 11.0. The van der Waals surface area contributed by atoms with Crippen LogP contribution in [0.2, 0.25) is 10.0 Å². The molecule has 0 bridgehead atoms. The Morgan fingerprint density at radius 3 is 2.38 bits per heavy atom. The number of para-hydroxylation sites is 2. The van der Waals surface area contributed by atoms with Crippen LogP contribution in [0.25, 0.3) is 0 Å². The van der Waals surface area contributed by atoms with E-state index >= 15 is 0 Å². The molecule has 0 heterocycles. The molecule has 1 amide bonds. The number of nitrogens with one attached hydrogen (secondary N) is 2. The van der Waals surface area contributed by atoms with Crippen LogP contribution in [0.5, 0.6) is 0 Å². The SMILES string of the molecule is O=C(CCNc1ccccc1Br)Nc1c(Cl)cccc1Cl. The molecule has 0 saturated heterocycles. The lowest BCUT2D eigenvalue weighted by Gasteiger charge is -2.10. The maximum absolute atomic E-state index is 11.9. The van der Waals surface area contributed by atoms with E-state index in [4.69, 9.17) is 23.2 Å². The highest BCUT2D eigenvalue weighted by atomic mass is 79.9. The van der Waals surface area contributed by atoms with Crippen molar-refractivity contribution in [3.05, 3.63) is 57.0 Å². The standard InChI is InChI=1S/C15H13BrCl2N2O/c16-10-4-1-2-7-13(10)19-9-8-14(21)20-15-11(17)5-3-6-12(15)18/h1-7,19H,8-9H2,(H,20,21). The number of benzene rings is 2. The van der Waals surface area contributed by atoms with E-state index < -0.39 is 0 Å². The highest BCUT2D eigenvalue weighted by molar-refractivity contribution is 9.10. The van der Waals surface area contributed by atoms with Crippen LogP contribution in [0.1, 0.15) is 6.42 Å². The van der Waals surface area contributed by atoms with E-state index in [-0.39, 0.29) is 5.91 Å². The third-order valence-electron chi connectivity index (χ3n) is 2.77. The third-order valence-corrected chi connectivity index (χ3v) is 4.09. The number of rotatable bonds is 5. The van der Waals surface area contributed by atoms with E-state index in [1.54, 1.807) is 18.2 Å². The van der Waals surface area contributed by atoms with Crippen LogP contribution >= 0.6 is 39.1 Å². The zero-order chi connectivity index (χ0) is 15.2. The molecule has 21 heavy (non-hydrogen) atoms. The van der Waals surface area contributed by atoms with Gasteiger partial charge in [-0.25, -0.2) is 0 Å². The summed E-state index contributed by atoms with van der Waals surface area (Å²) in [6.07, 6.45) is 0.308. The molecule has 0 radical (unpaired) electrons. The molecule has 2 aromatic carbocycles. The van der Waals surface area contributed by atoms with Gasteiger partial charge in [-0.05, 0) is 40.2 Å². The van der Waals surface area contributed by atoms with Gasteiger partial charge in [-0.1, -0.05) is 41.4 Å². The summed E-state index contributed by atoms with van der Waals surface area (Å²) in [6.45, 7) is 0.510. The number of amides is 1. The second kappa shape index (κ2) is 7.69. The van der Waals surface area contributed by atoms with Crippen molar-refractivity contribution in [3.8, 4) is 0 Å². The van der Waals surface area contributed by atoms with Gasteiger partial charge in [-0.15, -0.1) is 0 Å². The Morgan fingerprint density at radius 1 is 1.05 bits per heavy atom. The lowest BCUT2D eigenvalue weighted by atomic mass is 10.3. The normalized spacial score (nSPS) is 10.2. The smallest absolute Gasteiger partial charge is 0.226 e. The Hall–Kier alpha value is -1.23. The van der Waals surface area contributed by atoms with Gasteiger partial charge in [0.05, 0.1) is 15.7 Å². The van der Waals surface area contributed by atoms with Gasteiger partial charge in [0.25, 0.3) is 0 Å². The lowest BCUT2D eigenvalue weighted by Crippen LogP contribution is -2.16. The third kappa shape index (κ3) is 4.63. The molecule has 0 aromatic heterocycles. The summed E-state index contributed by atoms with van der Waals surface area (Å²) >= 11 is 15.4. The van der Waals surface area contributed by atoms with Gasteiger partial charge >= 0.3 is 0 Å². The van der Waals surface area contributed by atoms with Crippen LogP contribution in [0.15, 0.2) is 46.9 Å². The van der Waals surface area contributed by atoms with Gasteiger partial charge in [0.1, 0.15) is 0 Å². The Morgan fingerprint density at radius 2 is 1.71 bits per heavy atom. The monoisotopic (exact) mass is 386 g/mol. The highest BCUT2D eigenvalue weighted by Gasteiger charge is 2.09. The van der Waals surface area contributed by atoms with Crippen molar-refractivity contribution in [3.63, 3.8) is 0 Å². The van der Waals surface area contributed by atoms with Crippen molar-refractivity contribution in [2.24, 2.45) is 0 Å². The van der Waals surface area contributed by atoms with Gasteiger partial charge in [0.15, 0.2) is 0 Å². The van der Waals surface area contributed by atoms with Crippen molar-refractivity contribution < 1.29 is 4.79 Å². The van der Waals surface area contributed by atoms with Crippen molar-refractivity contribution in [2.75, 3.05) is 17.2 Å². The first-order valence-electron chi connectivity index (χ1n) is 6.30. The van der Waals surface area contributed by atoms with Crippen LogP contribution in [-0.4, -0.2) is 12.5 Å². The number of halogens is 3. The maximum Gasteiger partial charge on any atom is 0.226 e. The van der Waals surface area contributed by atoms with Crippen molar-refractivity contribution >= 4 is 56.4 Å². The molecular formula is C15H13BrCl2N2O. The molecule has 0 aliphatic heterocycles. The predicted octanol–water partition coefficient (Wildman–Crippen LogP) is 5.20. The van der Waals surface area contributed by atoms with E-state index in [1.165, 1.54) is 0 Å². The van der Waals surface area contributed by atoms with Gasteiger partial charge < -0.3 is 10.6 Å². The molecular weight excluding hydrogens is 375 g/mol. The quantitative estimate of drug-likeness (QED) is 0.740. The molecule has 0 unspecified atom stereocenters. The fourth-order valence-corrected chi connectivity index (χ4v) is 2.65. The molecule has 6 heteroatoms. The topological polar surface area (TPSA) is 41.1 Å². The maximum atomic E-state index is 11.9. The average molecular weight is 388 g/mol. The van der Waals surface area contributed by atoms with Crippen molar-refractivity contribution in [1.82, 2.24) is 0 Å².